The van der Waals surface area contributed by atoms with Crippen LogP contribution >= 0.6 is 24.0 Å². The van der Waals surface area contributed by atoms with E-state index < -0.39 is 0 Å². The van der Waals surface area contributed by atoms with Crippen LogP contribution < -0.4 is 10.6 Å². The predicted octanol–water partition coefficient (Wildman–Crippen LogP) is 2.66. The highest BCUT2D eigenvalue weighted by Crippen LogP contribution is 2.28. The highest BCUT2D eigenvalue weighted by Gasteiger charge is 2.30. The summed E-state index contributed by atoms with van der Waals surface area (Å²) in [5.41, 5.74) is 1.54. The van der Waals surface area contributed by atoms with Gasteiger partial charge in [0.25, 0.3) is 0 Å². The maximum Gasteiger partial charge on any atom is 0.241 e. The quantitative estimate of drug-likeness (QED) is 0.392. The number of hydrogen-bond donors (Lipinski definition) is 2. The Morgan fingerprint density at radius 3 is 2.56 bits per heavy atom. The average Bonchev–Trinajstić information content (AvgIpc) is 2.92. The molecule has 1 aliphatic heterocycles. The summed E-state index contributed by atoms with van der Waals surface area (Å²) in [6.07, 6.45) is 2.00. The van der Waals surface area contributed by atoms with Crippen molar-refractivity contribution in [3.63, 3.8) is 0 Å². The molecule has 1 aromatic rings. The van der Waals surface area contributed by atoms with Gasteiger partial charge in [-0.1, -0.05) is 44.2 Å². The lowest BCUT2D eigenvalue weighted by Crippen LogP contribution is -2.41. The van der Waals surface area contributed by atoms with Gasteiger partial charge in [-0.15, -0.1) is 24.0 Å². The monoisotopic (exact) mass is 458 g/mol. The molecule has 5 nitrogen and oxygen atoms in total. The summed E-state index contributed by atoms with van der Waals surface area (Å²) >= 11 is 0. The Labute approximate surface area is 168 Å². The van der Waals surface area contributed by atoms with Crippen molar-refractivity contribution in [3.8, 4) is 0 Å². The fourth-order valence-corrected chi connectivity index (χ4v) is 2.91. The number of halogens is 1. The normalized spacial score (nSPS) is 16.3. The van der Waals surface area contributed by atoms with Crippen LogP contribution in [-0.4, -0.2) is 49.5 Å². The van der Waals surface area contributed by atoms with Crippen LogP contribution in [0.2, 0.25) is 0 Å². The second-order valence-electron chi connectivity index (χ2n) is 7.09. The average molecular weight is 458 g/mol. The molecule has 1 saturated heterocycles. The van der Waals surface area contributed by atoms with E-state index in [0.29, 0.717) is 12.0 Å². The standard InChI is InChI=1S/C19H30N4O.HI/c1-4-20-18(23-13-11-19(2,3)15-23)22-14-17(24)21-12-10-16-8-6-5-7-9-16;/h5-9H,4,10-15H2,1-3H3,(H,20,22)(H,21,24);1H. The highest BCUT2D eigenvalue weighted by atomic mass is 127. The van der Waals surface area contributed by atoms with E-state index in [-0.39, 0.29) is 36.4 Å². The molecule has 2 N–H and O–H groups in total. The zero-order valence-electron chi connectivity index (χ0n) is 15.5. The molecule has 0 spiro atoms. The molecule has 1 fully saturated rings. The van der Waals surface area contributed by atoms with Gasteiger partial charge < -0.3 is 15.5 Å². The molecule has 0 saturated carbocycles. The highest BCUT2D eigenvalue weighted by molar-refractivity contribution is 14.0. The molecular weight excluding hydrogens is 427 g/mol. The van der Waals surface area contributed by atoms with Crippen molar-refractivity contribution in [1.82, 2.24) is 15.5 Å². The van der Waals surface area contributed by atoms with Crippen LogP contribution in [0.4, 0.5) is 0 Å². The third-order valence-electron chi connectivity index (χ3n) is 4.26. The van der Waals surface area contributed by atoms with E-state index in [1.165, 1.54) is 5.56 Å². The fraction of sp³-hybridized carbons (Fsp3) is 0.579. The van der Waals surface area contributed by atoms with Crippen molar-refractivity contribution < 1.29 is 4.79 Å². The smallest absolute Gasteiger partial charge is 0.241 e. The van der Waals surface area contributed by atoms with Crippen molar-refractivity contribution >= 4 is 35.8 Å². The van der Waals surface area contributed by atoms with E-state index in [1.807, 2.05) is 18.2 Å². The number of carbonyl (C=O) groups is 1. The molecule has 1 heterocycles. The van der Waals surface area contributed by atoms with Gasteiger partial charge in [-0.3, -0.25) is 4.79 Å². The Balaban J connectivity index is 0.00000312. The number of likely N-dealkylation sites (tertiary alicyclic amines) is 1. The molecule has 140 valence electrons. The van der Waals surface area contributed by atoms with Crippen molar-refractivity contribution in [2.24, 2.45) is 10.4 Å². The van der Waals surface area contributed by atoms with Gasteiger partial charge in [0.1, 0.15) is 6.54 Å². The van der Waals surface area contributed by atoms with Crippen LogP contribution in [0.25, 0.3) is 0 Å². The lowest BCUT2D eigenvalue weighted by molar-refractivity contribution is -0.119. The molecule has 0 radical (unpaired) electrons. The fourth-order valence-electron chi connectivity index (χ4n) is 2.91. The predicted molar refractivity (Wildman–Crippen MR) is 115 cm³/mol. The van der Waals surface area contributed by atoms with E-state index in [4.69, 9.17) is 0 Å². The Morgan fingerprint density at radius 1 is 1.24 bits per heavy atom. The Kier molecular flexibility index (Phi) is 9.24. The first-order chi connectivity index (χ1) is 11.5. The van der Waals surface area contributed by atoms with Crippen molar-refractivity contribution in [3.05, 3.63) is 35.9 Å². The summed E-state index contributed by atoms with van der Waals surface area (Å²) in [6, 6.07) is 10.2. The summed E-state index contributed by atoms with van der Waals surface area (Å²) in [6.45, 7) is 10.2. The second-order valence-corrected chi connectivity index (χ2v) is 7.09. The summed E-state index contributed by atoms with van der Waals surface area (Å²) in [5.74, 6) is 0.820. The molecule has 6 heteroatoms. The minimum atomic E-state index is -0.0280. The molecule has 0 unspecified atom stereocenters. The number of amides is 1. The van der Waals surface area contributed by atoms with Crippen molar-refractivity contribution in [1.29, 1.82) is 0 Å². The summed E-state index contributed by atoms with van der Waals surface area (Å²) in [5, 5.41) is 6.24. The molecule has 1 amide bonds. The van der Waals surface area contributed by atoms with Gasteiger partial charge in [0.15, 0.2) is 5.96 Å². The first kappa shape index (κ1) is 21.7. The SMILES string of the molecule is CCNC(=NCC(=O)NCCc1ccccc1)N1CCC(C)(C)C1.I. The number of nitrogens with one attached hydrogen (secondary N) is 2. The van der Waals surface area contributed by atoms with Crippen LogP contribution in [0.3, 0.4) is 0 Å². The molecule has 0 atom stereocenters. The Hall–Kier alpha value is -1.31. The topological polar surface area (TPSA) is 56.7 Å². The molecular formula is C19H31IN4O. The van der Waals surface area contributed by atoms with Crippen molar-refractivity contribution in [2.75, 3.05) is 32.7 Å². The first-order valence-electron chi connectivity index (χ1n) is 8.84. The van der Waals surface area contributed by atoms with Crippen LogP contribution in [0.15, 0.2) is 35.3 Å². The maximum atomic E-state index is 12.0. The molecule has 2 rings (SSSR count). The molecule has 1 aromatic carbocycles. The second kappa shape index (κ2) is 10.6. The lowest BCUT2D eigenvalue weighted by Gasteiger charge is -2.23. The third-order valence-corrected chi connectivity index (χ3v) is 4.26. The van der Waals surface area contributed by atoms with E-state index in [2.05, 4.69) is 53.4 Å². The number of benzene rings is 1. The van der Waals surface area contributed by atoms with Gasteiger partial charge >= 0.3 is 0 Å². The van der Waals surface area contributed by atoms with Gasteiger partial charge in [0, 0.05) is 26.2 Å². The van der Waals surface area contributed by atoms with E-state index in [0.717, 1.165) is 38.4 Å². The van der Waals surface area contributed by atoms with E-state index in [9.17, 15) is 4.79 Å². The lowest BCUT2D eigenvalue weighted by atomic mass is 9.93. The number of rotatable bonds is 6. The van der Waals surface area contributed by atoms with Crippen LogP contribution in [0, 0.1) is 5.41 Å². The minimum absolute atomic E-state index is 0. The Bertz CT molecular complexity index is 560. The van der Waals surface area contributed by atoms with Gasteiger partial charge in [-0.25, -0.2) is 4.99 Å². The number of nitrogens with zero attached hydrogens (tertiary/aromatic N) is 2. The third kappa shape index (κ3) is 7.63. The van der Waals surface area contributed by atoms with Gasteiger partial charge in [-0.05, 0) is 30.7 Å². The number of aliphatic imine (C=N–C) groups is 1. The van der Waals surface area contributed by atoms with Crippen LogP contribution in [-0.2, 0) is 11.2 Å². The van der Waals surface area contributed by atoms with Crippen molar-refractivity contribution in [2.45, 2.75) is 33.6 Å². The van der Waals surface area contributed by atoms with Gasteiger partial charge in [0.05, 0.1) is 0 Å². The number of carbonyl (C=O) groups excluding carboxylic acids is 1. The largest absolute Gasteiger partial charge is 0.357 e. The molecule has 1 aliphatic rings. The maximum absolute atomic E-state index is 12.0. The number of guanidine groups is 1. The molecule has 0 bridgehead atoms. The van der Waals surface area contributed by atoms with E-state index >= 15 is 0 Å². The minimum Gasteiger partial charge on any atom is -0.357 e. The van der Waals surface area contributed by atoms with Gasteiger partial charge in [-0.2, -0.15) is 0 Å². The summed E-state index contributed by atoms with van der Waals surface area (Å²) in [4.78, 5) is 18.8. The molecule has 25 heavy (non-hydrogen) atoms. The molecule has 0 aromatic heterocycles. The molecule has 0 aliphatic carbocycles. The first-order valence-corrected chi connectivity index (χ1v) is 8.84. The Morgan fingerprint density at radius 2 is 1.96 bits per heavy atom. The summed E-state index contributed by atoms with van der Waals surface area (Å²) < 4.78 is 0. The van der Waals surface area contributed by atoms with Crippen LogP contribution in [0.1, 0.15) is 32.8 Å². The van der Waals surface area contributed by atoms with Gasteiger partial charge in [0.2, 0.25) is 5.91 Å². The van der Waals surface area contributed by atoms with E-state index in [1.54, 1.807) is 0 Å². The van der Waals surface area contributed by atoms with Crippen LogP contribution in [0.5, 0.6) is 0 Å². The summed E-state index contributed by atoms with van der Waals surface area (Å²) in [7, 11) is 0. The number of hydrogen-bond acceptors (Lipinski definition) is 2. The zero-order valence-corrected chi connectivity index (χ0v) is 17.9. The zero-order chi connectivity index (χ0) is 17.4.